The standard InChI is InChI=1S/C54H75N5O6SSi/c1-11-31-59(52(63)48(38(5)12-2)56-50(62)45-30-22-23-32-58(45)10)46(37(3)4)33-47(65-39(6)60)51-55-44(35-66-51)49(61)57-54(34-43(54)40-24-16-13-17-25-40)36-64-67(53(7,8)9,41-26-18-14-19-27-41)42-28-20-15-21-29-42/h13-21,24-29,35,37-38,43,45-48H,11-12,22-23,30-34,36H2,1-10H3,(H,56,62)(H,57,61)/q-1/t38-,43-,45+,46+,47+,48-,54?/m0/s1. The number of amides is 3. The first-order valence-electron chi connectivity index (χ1n) is 24.5. The third-order valence-electron chi connectivity index (χ3n) is 14.2. The second-order valence-electron chi connectivity index (χ2n) is 20.3. The molecule has 0 radical (unpaired) electrons. The van der Waals surface area contributed by atoms with Gasteiger partial charge in [0.05, 0.1) is 19.9 Å². The molecule has 0 spiro atoms. The smallest absolute Gasteiger partial charge is 0.303 e. The highest BCUT2D eigenvalue weighted by Gasteiger charge is 2.57. The Morgan fingerprint density at radius 2 is 1.54 bits per heavy atom. The van der Waals surface area contributed by atoms with Crippen LogP contribution in [-0.4, -0.2) is 97.2 Å². The van der Waals surface area contributed by atoms with Crippen molar-refractivity contribution in [2.45, 2.75) is 148 Å². The molecule has 13 heteroatoms. The normalized spacial score (nSPS) is 20.6. The number of thiazole rings is 1. The molecular weight excluding hydrogens is 875 g/mol. The number of carbonyl (C=O) groups is 4. The largest absolute Gasteiger partial charge is 0.556 e. The lowest BCUT2D eigenvalue weighted by Crippen LogP contribution is -2.67. The molecule has 3 amide bonds. The number of esters is 1. The van der Waals surface area contributed by atoms with E-state index in [9.17, 15) is 19.2 Å². The average molecular weight is 950 g/mol. The van der Waals surface area contributed by atoms with Gasteiger partial charge in [0.25, 0.3) is 5.91 Å². The van der Waals surface area contributed by atoms with E-state index in [4.69, 9.17) is 14.1 Å². The van der Waals surface area contributed by atoms with Gasteiger partial charge in [0.1, 0.15) is 16.7 Å². The molecule has 1 saturated carbocycles. The monoisotopic (exact) mass is 950 g/mol. The quantitative estimate of drug-likeness (QED) is 0.0628. The maximum absolute atomic E-state index is 14.8. The Morgan fingerprint density at radius 1 is 0.925 bits per heavy atom. The maximum Gasteiger partial charge on any atom is 0.303 e. The second kappa shape index (κ2) is 22.6. The van der Waals surface area contributed by atoms with Crippen molar-refractivity contribution in [1.29, 1.82) is 0 Å². The number of hydrogen-bond donors (Lipinski definition) is 2. The Bertz CT molecular complexity index is 2210. The zero-order valence-electron chi connectivity index (χ0n) is 41.5. The number of piperidine rings is 1. The van der Waals surface area contributed by atoms with Crippen LogP contribution >= 0.6 is 11.3 Å². The molecule has 2 heterocycles. The average Bonchev–Trinajstić information content (AvgIpc) is 3.78. The summed E-state index contributed by atoms with van der Waals surface area (Å²) in [6, 6.07) is 30.0. The highest BCUT2D eigenvalue weighted by molar-refractivity contribution is 7.09. The summed E-state index contributed by atoms with van der Waals surface area (Å²) in [5.74, 6) is -1.17. The molecule has 3 aromatic carbocycles. The molecule has 1 aliphatic carbocycles. The van der Waals surface area contributed by atoms with E-state index in [0.717, 1.165) is 31.4 Å². The fraction of sp³-hybridized carbons (Fsp3) is 0.537. The summed E-state index contributed by atoms with van der Waals surface area (Å²) in [6.07, 6.45) is 4.36. The Hall–Kier alpha value is -4.69. The van der Waals surface area contributed by atoms with Crippen LogP contribution in [0, 0.1) is 11.8 Å². The lowest BCUT2D eigenvalue weighted by Gasteiger charge is -2.56. The van der Waals surface area contributed by atoms with Gasteiger partial charge in [-0.3, -0.25) is 24.1 Å². The van der Waals surface area contributed by atoms with Crippen molar-refractivity contribution in [1.82, 2.24) is 25.4 Å². The fourth-order valence-electron chi connectivity index (χ4n) is 10.2. The lowest BCUT2D eigenvalue weighted by atomic mass is 9.92. The third-order valence-corrected chi connectivity index (χ3v) is 20.1. The Kier molecular flexibility index (Phi) is 17.4. The molecule has 1 saturated heterocycles. The first-order chi connectivity index (χ1) is 32.0. The van der Waals surface area contributed by atoms with Gasteiger partial charge in [0.15, 0.2) is 6.10 Å². The van der Waals surface area contributed by atoms with Gasteiger partial charge in [-0.1, -0.05) is 159 Å². The Morgan fingerprint density at radius 3 is 2.07 bits per heavy atom. The van der Waals surface area contributed by atoms with Crippen molar-refractivity contribution in [3.05, 3.63) is 113 Å². The topological polar surface area (TPSA) is 130 Å². The van der Waals surface area contributed by atoms with E-state index in [1.54, 1.807) is 5.38 Å². The maximum atomic E-state index is 14.8. The molecule has 1 aromatic heterocycles. The predicted molar refractivity (Wildman–Crippen MR) is 271 cm³/mol. The summed E-state index contributed by atoms with van der Waals surface area (Å²) < 4.78 is 13.5. The summed E-state index contributed by atoms with van der Waals surface area (Å²) in [4.78, 5) is 64.8. The van der Waals surface area contributed by atoms with Crippen molar-refractivity contribution in [3.8, 4) is 0 Å². The Labute approximate surface area is 404 Å². The van der Waals surface area contributed by atoms with Gasteiger partial charge >= 0.3 is 5.97 Å². The molecule has 2 N–H and O–H groups in total. The van der Waals surface area contributed by atoms with Crippen molar-refractivity contribution in [2.75, 3.05) is 26.7 Å². The molecule has 67 heavy (non-hydrogen) atoms. The summed E-state index contributed by atoms with van der Waals surface area (Å²) in [6.45, 7) is 20.0. The number of aromatic nitrogens is 1. The van der Waals surface area contributed by atoms with E-state index >= 15 is 0 Å². The van der Waals surface area contributed by atoms with Crippen LogP contribution in [0.2, 0.25) is 5.04 Å². The van der Waals surface area contributed by atoms with E-state index in [1.807, 2.05) is 63.1 Å². The molecule has 1 aliphatic heterocycles. The van der Waals surface area contributed by atoms with Crippen LogP contribution in [0.3, 0.4) is 0 Å². The summed E-state index contributed by atoms with van der Waals surface area (Å²) >= 11 is 1.27. The molecule has 2 fully saturated rings. The SMILES string of the molecule is CCCN(C(=O)[C@@H](NC(=O)[C@H]1CCCCN1C)[C@@H](C)CC)[C@H](C[C@@H](OC(C)=O)c1nc(C(=O)NC2(CO[Si-](c3ccccc3)(c3ccccc3)C(C)(C)C)C[C@H]2c2ccccc2)cs1)C(C)C. The number of nitrogens with one attached hydrogen (secondary N) is 2. The highest BCUT2D eigenvalue weighted by Crippen LogP contribution is 2.53. The van der Waals surface area contributed by atoms with Crippen LogP contribution in [0.5, 0.6) is 0 Å². The summed E-state index contributed by atoms with van der Waals surface area (Å²) in [7, 11) is -0.980. The van der Waals surface area contributed by atoms with Crippen molar-refractivity contribution < 1.29 is 28.3 Å². The number of benzene rings is 3. The minimum atomic E-state index is -2.95. The van der Waals surface area contributed by atoms with Crippen molar-refractivity contribution in [2.24, 2.45) is 11.8 Å². The number of nitrogens with zero attached hydrogens (tertiary/aromatic N) is 3. The van der Waals surface area contributed by atoms with Gasteiger partial charge in [-0.05, 0) is 56.7 Å². The number of likely N-dealkylation sites (tertiary alicyclic amines) is 1. The van der Waals surface area contributed by atoms with E-state index in [-0.39, 0.29) is 64.7 Å². The van der Waals surface area contributed by atoms with Gasteiger partial charge in [-0.15, -0.1) is 16.4 Å². The van der Waals surface area contributed by atoms with Gasteiger partial charge in [0, 0.05) is 43.8 Å². The second-order valence-corrected chi connectivity index (χ2v) is 25.5. The van der Waals surface area contributed by atoms with Crippen molar-refractivity contribution >= 4 is 53.7 Å². The third kappa shape index (κ3) is 12.0. The first kappa shape index (κ1) is 51.7. The zero-order chi connectivity index (χ0) is 48.5. The molecule has 2 aliphatic rings. The van der Waals surface area contributed by atoms with Crippen molar-refractivity contribution in [3.63, 3.8) is 0 Å². The zero-order valence-corrected chi connectivity index (χ0v) is 43.4. The summed E-state index contributed by atoms with van der Waals surface area (Å²) in [5, 5.41) is 10.9. The Balaban J connectivity index is 1.28. The predicted octanol–water partition coefficient (Wildman–Crippen LogP) is 8.65. The molecule has 7 atom stereocenters. The van der Waals surface area contributed by atoms with Gasteiger partial charge in [-0.2, -0.15) is 10.4 Å². The van der Waals surface area contributed by atoms with E-state index in [1.165, 1.54) is 28.6 Å². The molecule has 4 aromatic rings. The molecule has 1 unspecified atom stereocenters. The van der Waals surface area contributed by atoms with Gasteiger partial charge in [-0.25, -0.2) is 4.98 Å². The van der Waals surface area contributed by atoms with Crippen LogP contribution in [0.4, 0.5) is 0 Å². The molecular formula is C54H75N5O6SSi-. The number of likely N-dealkylation sites (N-methyl/N-ethyl adjacent to an activating group) is 1. The van der Waals surface area contributed by atoms with Crippen LogP contribution in [0.25, 0.3) is 0 Å². The fourth-order valence-corrected chi connectivity index (χ4v) is 15.6. The van der Waals surface area contributed by atoms with Crippen LogP contribution in [-0.2, 0) is 23.5 Å². The van der Waals surface area contributed by atoms with E-state index in [0.29, 0.717) is 37.4 Å². The van der Waals surface area contributed by atoms with Gasteiger partial charge in [0.2, 0.25) is 11.8 Å². The molecule has 363 valence electrons. The number of ether oxygens (including phenoxy) is 1. The van der Waals surface area contributed by atoms with Gasteiger partial charge < -0.3 is 24.7 Å². The molecule has 11 nitrogen and oxygen atoms in total. The van der Waals surface area contributed by atoms with Crippen LogP contribution in [0.15, 0.2) is 96.4 Å². The minimum Gasteiger partial charge on any atom is -0.556 e. The molecule has 0 bridgehead atoms. The van der Waals surface area contributed by atoms with E-state index < -0.39 is 32.0 Å². The number of carbonyl (C=O) groups excluding carboxylic acids is 4. The van der Waals surface area contributed by atoms with E-state index in [2.05, 4.69) is 111 Å². The molecule has 6 rings (SSSR count). The lowest BCUT2D eigenvalue weighted by molar-refractivity contribution is -0.149. The number of rotatable bonds is 21. The van der Waals surface area contributed by atoms with Crippen LogP contribution in [0.1, 0.15) is 140 Å². The number of hydrogen-bond acceptors (Lipinski definition) is 9. The minimum absolute atomic E-state index is 0.0178. The first-order valence-corrected chi connectivity index (χ1v) is 27.3. The summed E-state index contributed by atoms with van der Waals surface area (Å²) in [5.41, 5.74) is 0.656. The highest BCUT2D eigenvalue weighted by atomic mass is 32.1. The van der Waals surface area contributed by atoms with Crippen LogP contribution < -0.4 is 21.0 Å².